The van der Waals surface area contributed by atoms with E-state index in [1.165, 1.54) is 4.31 Å². The molecule has 0 unspecified atom stereocenters. The van der Waals surface area contributed by atoms with Crippen LogP contribution in [0.25, 0.3) is 0 Å². The van der Waals surface area contributed by atoms with Gasteiger partial charge in [0.2, 0.25) is 10.0 Å². The van der Waals surface area contributed by atoms with Gasteiger partial charge in [0.25, 0.3) is 0 Å². The number of hydrogen-bond acceptors (Lipinski definition) is 5. The van der Waals surface area contributed by atoms with Crippen LogP contribution in [0.15, 0.2) is 114 Å². The average Bonchev–Trinajstić information content (AvgIpc) is 3.11. The summed E-state index contributed by atoms with van der Waals surface area (Å²) >= 11 is 6.02. The van der Waals surface area contributed by atoms with Gasteiger partial charge < -0.3 is 14.6 Å². The van der Waals surface area contributed by atoms with E-state index in [0.29, 0.717) is 23.1 Å². The number of halogens is 1. The Morgan fingerprint density at radius 1 is 1.00 bits per heavy atom. The Balaban J connectivity index is 1.49. The van der Waals surface area contributed by atoms with Crippen molar-refractivity contribution in [3.63, 3.8) is 0 Å². The van der Waals surface area contributed by atoms with E-state index >= 15 is 0 Å². The number of hydrogen-bond donors (Lipinski definition) is 1. The minimum absolute atomic E-state index is 0.0313. The number of aliphatic carboxylic acids is 1. The Bertz CT molecular complexity index is 1960. The molecule has 4 aromatic rings. The molecule has 0 saturated carbocycles. The molecule has 1 saturated heterocycles. The first-order valence-corrected chi connectivity index (χ1v) is 19.6. The largest absolute Gasteiger partial charge is 0.482 e. The SMILES string of the molecule is C=C(C)[C@@H]1C[C@@H](c2ccc(S(=O)(=O)N(C)Cc3ccc(Cl)cc3)cc2)[C@@H](CC(C)C)O[C@H]1c1cc(C(C)(C)c2ccccc2)ccc1OCC(=O)O. The Morgan fingerprint density at radius 3 is 2.25 bits per heavy atom. The number of carboxylic acids is 1. The predicted octanol–water partition coefficient (Wildman–Crippen LogP) is 9.80. The van der Waals surface area contributed by atoms with E-state index in [9.17, 15) is 18.3 Å². The van der Waals surface area contributed by atoms with Crippen molar-refractivity contribution in [3.8, 4) is 5.75 Å². The lowest BCUT2D eigenvalue weighted by Crippen LogP contribution is -2.37. The molecule has 276 valence electrons. The molecule has 0 bridgehead atoms. The number of rotatable bonds is 14. The Labute approximate surface area is 314 Å². The van der Waals surface area contributed by atoms with Crippen LogP contribution in [0.3, 0.4) is 0 Å². The van der Waals surface area contributed by atoms with E-state index in [0.717, 1.165) is 39.8 Å². The molecule has 0 spiro atoms. The normalized spacial score (nSPS) is 19.5. The van der Waals surface area contributed by atoms with Gasteiger partial charge in [-0.2, -0.15) is 4.31 Å². The highest BCUT2D eigenvalue weighted by molar-refractivity contribution is 7.89. The van der Waals surface area contributed by atoms with Gasteiger partial charge in [0.1, 0.15) is 5.75 Å². The van der Waals surface area contributed by atoms with Crippen molar-refractivity contribution in [1.82, 2.24) is 4.31 Å². The van der Waals surface area contributed by atoms with E-state index < -0.39 is 28.7 Å². The van der Waals surface area contributed by atoms with Crippen molar-refractivity contribution in [2.75, 3.05) is 13.7 Å². The monoisotopic (exact) mass is 743 g/mol. The molecule has 9 heteroatoms. The van der Waals surface area contributed by atoms with Crippen molar-refractivity contribution < 1.29 is 27.8 Å². The highest BCUT2D eigenvalue weighted by atomic mass is 35.5. The zero-order valence-electron chi connectivity index (χ0n) is 30.9. The Morgan fingerprint density at radius 2 is 1.65 bits per heavy atom. The predicted molar refractivity (Wildman–Crippen MR) is 207 cm³/mol. The van der Waals surface area contributed by atoms with Crippen molar-refractivity contribution in [2.24, 2.45) is 11.8 Å². The lowest BCUT2D eigenvalue weighted by molar-refractivity contribution is -0.139. The Hall–Kier alpha value is -3.95. The van der Waals surface area contributed by atoms with Crippen molar-refractivity contribution in [1.29, 1.82) is 0 Å². The van der Waals surface area contributed by atoms with Crippen LogP contribution in [0.2, 0.25) is 5.02 Å². The van der Waals surface area contributed by atoms with E-state index in [4.69, 9.17) is 21.1 Å². The van der Waals surface area contributed by atoms with Gasteiger partial charge in [0, 0.05) is 41.4 Å². The molecule has 1 N–H and O–H groups in total. The maximum atomic E-state index is 13.6. The first kappa shape index (κ1) is 39.3. The van der Waals surface area contributed by atoms with Gasteiger partial charge in [-0.05, 0) is 84.3 Å². The van der Waals surface area contributed by atoms with Crippen LogP contribution in [0.4, 0.5) is 0 Å². The van der Waals surface area contributed by atoms with Crippen LogP contribution >= 0.6 is 11.6 Å². The standard InChI is InChI=1S/C43H50ClNO6S/c1-28(2)23-40-37(31-15-20-35(21-16-31)52(48,49)45(7)26-30-13-18-34(44)19-14-30)25-36(29(3)4)42(51-40)38-24-33(17-22-39(38)50-27-41(46)47)43(5,6)32-11-9-8-10-12-32/h8-22,24,28,36-37,40,42H,3,23,25-27H2,1-2,4-7H3,(H,46,47)/t36-,37-,40+,42+/m0/s1. The minimum atomic E-state index is -3.75. The van der Waals surface area contributed by atoms with E-state index in [2.05, 4.69) is 52.5 Å². The fraction of sp³-hybridized carbons (Fsp3) is 0.372. The fourth-order valence-electron chi connectivity index (χ4n) is 7.16. The van der Waals surface area contributed by atoms with Gasteiger partial charge in [-0.25, -0.2) is 13.2 Å². The molecule has 1 aliphatic heterocycles. The molecular formula is C43H50ClNO6S. The molecule has 0 amide bonds. The number of benzene rings is 4. The summed E-state index contributed by atoms with van der Waals surface area (Å²) < 4.78 is 41.5. The molecule has 1 aliphatic rings. The van der Waals surface area contributed by atoms with Gasteiger partial charge in [0.05, 0.1) is 17.1 Å². The third kappa shape index (κ3) is 8.97. The summed E-state index contributed by atoms with van der Waals surface area (Å²) in [6.07, 6.45) is 0.849. The third-order valence-corrected chi connectivity index (χ3v) is 12.3. The average molecular weight is 744 g/mol. The topological polar surface area (TPSA) is 93.1 Å². The molecule has 1 heterocycles. The second-order valence-electron chi connectivity index (χ2n) is 14.9. The molecule has 4 aromatic carbocycles. The molecule has 7 nitrogen and oxygen atoms in total. The van der Waals surface area contributed by atoms with E-state index in [1.54, 1.807) is 31.3 Å². The summed E-state index contributed by atoms with van der Waals surface area (Å²) in [7, 11) is -2.17. The van der Waals surface area contributed by atoms with Crippen LogP contribution in [-0.2, 0) is 31.5 Å². The zero-order valence-corrected chi connectivity index (χ0v) is 32.5. The fourth-order valence-corrected chi connectivity index (χ4v) is 8.45. The van der Waals surface area contributed by atoms with Crippen molar-refractivity contribution in [3.05, 3.63) is 142 Å². The highest BCUT2D eigenvalue weighted by Gasteiger charge is 2.42. The second kappa shape index (κ2) is 16.4. The zero-order chi connectivity index (χ0) is 37.8. The summed E-state index contributed by atoms with van der Waals surface area (Å²) in [5.74, 6) is -0.409. The summed E-state index contributed by atoms with van der Waals surface area (Å²) in [4.78, 5) is 11.8. The number of carboxylic acid groups (broad SMARTS) is 1. The molecule has 0 aliphatic carbocycles. The van der Waals surface area contributed by atoms with Gasteiger partial charge in [-0.15, -0.1) is 0 Å². The number of sulfonamides is 1. The van der Waals surface area contributed by atoms with Crippen molar-refractivity contribution in [2.45, 2.75) is 82.4 Å². The first-order valence-electron chi connectivity index (χ1n) is 17.7. The summed E-state index contributed by atoms with van der Waals surface area (Å²) in [5, 5.41) is 10.1. The minimum Gasteiger partial charge on any atom is -0.482 e. The summed E-state index contributed by atoms with van der Waals surface area (Å²) in [6, 6.07) is 30.6. The smallest absolute Gasteiger partial charge is 0.341 e. The van der Waals surface area contributed by atoms with Crippen LogP contribution in [0.5, 0.6) is 5.75 Å². The van der Waals surface area contributed by atoms with Crippen LogP contribution in [-0.4, -0.2) is 43.6 Å². The number of nitrogens with zero attached hydrogens (tertiary/aromatic N) is 1. The molecule has 0 radical (unpaired) electrons. The van der Waals surface area contributed by atoms with E-state index in [1.807, 2.05) is 61.5 Å². The molecule has 4 atom stereocenters. The van der Waals surface area contributed by atoms with Gasteiger partial charge in [-0.1, -0.05) is 112 Å². The second-order valence-corrected chi connectivity index (χ2v) is 17.4. The van der Waals surface area contributed by atoms with E-state index in [-0.39, 0.29) is 34.8 Å². The molecule has 0 aromatic heterocycles. The van der Waals surface area contributed by atoms with Crippen LogP contribution in [0, 0.1) is 11.8 Å². The number of ether oxygens (including phenoxy) is 2. The highest BCUT2D eigenvalue weighted by Crippen LogP contribution is 2.50. The van der Waals surface area contributed by atoms with Crippen LogP contribution in [0.1, 0.15) is 87.3 Å². The molecule has 1 fully saturated rings. The maximum absolute atomic E-state index is 13.6. The van der Waals surface area contributed by atoms with Crippen LogP contribution < -0.4 is 4.74 Å². The van der Waals surface area contributed by atoms with Gasteiger partial charge in [0.15, 0.2) is 6.61 Å². The maximum Gasteiger partial charge on any atom is 0.341 e. The quantitative estimate of drug-likeness (QED) is 0.129. The molecule has 5 rings (SSSR count). The van der Waals surface area contributed by atoms with Gasteiger partial charge in [-0.3, -0.25) is 0 Å². The molecular weight excluding hydrogens is 694 g/mol. The third-order valence-electron chi connectivity index (χ3n) is 10.2. The summed E-state index contributed by atoms with van der Waals surface area (Å²) in [6.45, 7) is 14.8. The molecule has 52 heavy (non-hydrogen) atoms. The Kier molecular flexibility index (Phi) is 12.4. The lowest BCUT2D eigenvalue weighted by atomic mass is 9.72. The van der Waals surface area contributed by atoms with Gasteiger partial charge >= 0.3 is 5.97 Å². The lowest BCUT2D eigenvalue weighted by Gasteiger charge is -2.44. The first-order chi connectivity index (χ1) is 24.6. The number of carbonyl (C=O) groups is 1. The van der Waals surface area contributed by atoms with Crippen molar-refractivity contribution >= 4 is 27.6 Å². The summed E-state index contributed by atoms with van der Waals surface area (Å²) in [5.41, 5.74) is 5.44.